The first-order chi connectivity index (χ1) is 12.2. The molecule has 0 N–H and O–H groups in total. The van der Waals surface area contributed by atoms with Crippen molar-refractivity contribution in [1.82, 2.24) is 4.98 Å². The van der Waals surface area contributed by atoms with Gasteiger partial charge in [-0.25, -0.2) is 14.2 Å². The molecule has 2 fully saturated rings. The summed E-state index contributed by atoms with van der Waals surface area (Å²) in [6, 6.07) is 9.85. The molecule has 2 atom stereocenters. The van der Waals surface area contributed by atoms with Gasteiger partial charge >= 0.3 is 6.09 Å². The molecule has 2 aliphatic rings. The molecule has 0 radical (unpaired) electrons. The van der Waals surface area contributed by atoms with Gasteiger partial charge in [0, 0.05) is 29.3 Å². The van der Waals surface area contributed by atoms with Gasteiger partial charge in [-0.3, -0.25) is 4.90 Å². The van der Waals surface area contributed by atoms with E-state index in [1.54, 1.807) is 29.3 Å². The van der Waals surface area contributed by atoms with Gasteiger partial charge in [0.15, 0.2) is 0 Å². The highest BCUT2D eigenvalue weighted by Gasteiger charge is 2.41. The first kappa shape index (κ1) is 15.6. The molecule has 4 nitrogen and oxygen atoms in total. The second-order valence-electron chi connectivity index (χ2n) is 6.37. The maximum Gasteiger partial charge on any atom is 0.415 e. The molecule has 1 saturated heterocycles. The maximum absolute atomic E-state index is 12.9. The summed E-state index contributed by atoms with van der Waals surface area (Å²) < 4.78 is 18.2. The van der Waals surface area contributed by atoms with Crippen LogP contribution < -0.4 is 4.90 Å². The van der Waals surface area contributed by atoms with Crippen LogP contribution >= 0.6 is 0 Å². The van der Waals surface area contributed by atoms with Crippen molar-refractivity contribution in [2.75, 3.05) is 11.5 Å². The lowest BCUT2D eigenvalue weighted by molar-refractivity contribution is 0.104. The van der Waals surface area contributed by atoms with E-state index in [1.807, 2.05) is 6.07 Å². The third kappa shape index (κ3) is 3.20. The number of carbonyl (C=O) groups excluding carboxylic acids is 1. The average molecular weight is 336 g/mol. The lowest BCUT2D eigenvalue weighted by atomic mass is 10.0. The minimum absolute atomic E-state index is 0.185. The summed E-state index contributed by atoms with van der Waals surface area (Å²) in [5, 5.41) is 0. The zero-order valence-electron chi connectivity index (χ0n) is 13.6. The first-order valence-electron chi connectivity index (χ1n) is 8.40. The lowest BCUT2D eigenvalue weighted by Crippen LogP contribution is -2.49. The van der Waals surface area contributed by atoms with Crippen LogP contribution in [0.4, 0.5) is 15.0 Å². The van der Waals surface area contributed by atoms with Gasteiger partial charge in [0.2, 0.25) is 0 Å². The van der Waals surface area contributed by atoms with Gasteiger partial charge in [0.25, 0.3) is 0 Å². The number of halogens is 1. The van der Waals surface area contributed by atoms with E-state index in [1.165, 1.54) is 12.1 Å². The Morgan fingerprint density at radius 3 is 2.60 bits per heavy atom. The summed E-state index contributed by atoms with van der Waals surface area (Å²) in [5.41, 5.74) is 1.47. The van der Waals surface area contributed by atoms with E-state index in [4.69, 9.17) is 4.74 Å². The van der Waals surface area contributed by atoms with Gasteiger partial charge in [-0.15, -0.1) is 0 Å². The van der Waals surface area contributed by atoms with E-state index in [0.717, 1.165) is 30.4 Å². The van der Waals surface area contributed by atoms with Gasteiger partial charge in [0.1, 0.15) is 11.6 Å². The van der Waals surface area contributed by atoms with E-state index in [2.05, 4.69) is 16.8 Å². The predicted molar refractivity (Wildman–Crippen MR) is 91.6 cm³/mol. The van der Waals surface area contributed by atoms with Crippen molar-refractivity contribution >= 4 is 11.9 Å². The topological polar surface area (TPSA) is 42.4 Å². The number of hydrogen-bond donors (Lipinski definition) is 0. The maximum atomic E-state index is 12.9. The second kappa shape index (κ2) is 6.56. The summed E-state index contributed by atoms with van der Waals surface area (Å²) in [5.74, 6) is 6.69. The number of benzene rings is 1. The number of nitrogens with zero attached hydrogens (tertiary/aromatic N) is 2. The SMILES string of the molecule is O=C1OCC2CCC[C@H]2N1c1ccc(C#Cc2ccc(F)cc2)cn1. The van der Waals surface area contributed by atoms with Crippen molar-refractivity contribution in [2.24, 2.45) is 5.92 Å². The summed E-state index contributed by atoms with van der Waals surface area (Å²) >= 11 is 0. The van der Waals surface area contributed by atoms with Crippen LogP contribution in [0.2, 0.25) is 0 Å². The zero-order chi connectivity index (χ0) is 17.2. The lowest BCUT2D eigenvalue weighted by Gasteiger charge is -2.35. The van der Waals surface area contributed by atoms with Crippen molar-refractivity contribution in [3.05, 3.63) is 59.5 Å². The molecule has 1 saturated carbocycles. The van der Waals surface area contributed by atoms with E-state index in [9.17, 15) is 9.18 Å². The largest absolute Gasteiger partial charge is 0.449 e. The van der Waals surface area contributed by atoms with Crippen LogP contribution in [0.15, 0.2) is 42.6 Å². The van der Waals surface area contributed by atoms with Crippen LogP contribution in [0.25, 0.3) is 0 Å². The van der Waals surface area contributed by atoms with E-state index < -0.39 is 0 Å². The van der Waals surface area contributed by atoms with Crippen molar-refractivity contribution < 1.29 is 13.9 Å². The third-order valence-corrected chi connectivity index (χ3v) is 4.76. The molecule has 1 amide bonds. The van der Waals surface area contributed by atoms with Gasteiger partial charge in [-0.05, 0) is 49.2 Å². The predicted octanol–water partition coefficient (Wildman–Crippen LogP) is 3.75. The molecule has 126 valence electrons. The average Bonchev–Trinajstić information content (AvgIpc) is 3.10. The molecule has 1 unspecified atom stereocenters. The number of pyridine rings is 1. The number of carbonyl (C=O) groups is 1. The number of hydrogen-bond acceptors (Lipinski definition) is 3. The van der Waals surface area contributed by atoms with E-state index >= 15 is 0 Å². The van der Waals surface area contributed by atoms with Gasteiger partial charge in [0.05, 0.1) is 6.61 Å². The zero-order valence-corrected chi connectivity index (χ0v) is 13.6. The van der Waals surface area contributed by atoms with Gasteiger partial charge in [-0.2, -0.15) is 0 Å². The summed E-state index contributed by atoms with van der Waals surface area (Å²) in [6.45, 7) is 0.515. The molecule has 5 heteroatoms. The number of ether oxygens (including phenoxy) is 1. The minimum Gasteiger partial charge on any atom is -0.449 e. The number of fused-ring (bicyclic) bond motifs is 1. The Kier molecular flexibility index (Phi) is 4.10. The highest BCUT2D eigenvalue weighted by molar-refractivity contribution is 5.88. The Hall–Kier alpha value is -2.87. The van der Waals surface area contributed by atoms with E-state index in [-0.39, 0.29) is 18.0 Å². The van der Waals surface area contributed by atoms with Gasteiger partial charge in [-0.1, -0.05) is 18.3 Å². The molecule has 1 aliphatic heterocycles. The molecular weight excluding hydrogens is 319 g/mol. The van der Waals surface area contributed by atoms with Crippen LogP contribution in [-0.2, 0) is 4.74 Å². The number of aromatic nitrogens is 1. The third-order valence-electron chi connectivity index (χ3n) is 4.76. The van der Waals surface area contributed by atoms with Crippen LogP contribution in [0.3, 0.4) is 0 Å². The summed E-state index contributed by atoms with van der Waals surface area (Å²) in [6.07, 6.45) is 4.53. The van der Waals surface area contributed by atoms with Crippen LogP contribution in [-0.4, -0.2) is 23.7 Å². The molecule has 2 aromatic rings. The Morgan fingerprint density at radius 2 is 1.84 bits per heavy atom. The van der Waals surface area contributed by atoms with E-state index in [0.29, 0.717) is 18.3 Å². The minimum atomic E-state index is -0.319. The van der Waals surface area contributed by atoms with Crippen LogP contribution in [0.5, 0.6) is 0 Å². The number of rotatable bonds is 1. The van der Waals surface area contributed by atoms with Crippen molar-refractivity contribution in [2.45, 2.75) is 25.3 Å². The number of cyclic esters (lactones) is 1. The molecule has 4 rings (SSSR count). The van der Waals surface area contributed by atoms with Gasteiger partial charge < -0.3 is 4.74 Å². The van der Waals surface area contributed by atoms with Crippen molar-refractivity contribution in [1.29, 1.82) is 0 Å². The quantitative estimate of drug-likeness (QED) is 0.745. The fraction of sp³-hybridized carbons (Fsp3) is 0.300. The summed E-state index contributed by atoms with van der Waals surface area (Å²) in [7, 11) is 0. The van der Waals surface area contributed by atoms with Crippen molar-refractivity contribution in [3.63, 3.8) is 0 Å². The fourth-order valence-electron chi connectivity index (χ4n) is 3.48. The Labute approximate surface area is 145 Å². The Balaban J connectivity index is 1.54. The monoisotopic (exact) mass is 336 g/mol. The molecular formula is C20H17FN2O2. The molecule has 1 aromatic heterocycles. The standard InChI is InChI=1S/C20H17FN2O2/c21-17-9-6-14(7-10-17)4-5-15-8-11-19(22-12-15)23-18-3-1-2-16(18)13-25-20(23)24/h6-12,16,18H,1-3,13H2/t16?,18-/m1/s1. The van der Waals surface area contributed by atoms with Crippen LogP contribution in [0, 0.1) is 23.6 Å². The molecule has 25 heavy (non-hydrogen) atoms. The van der Waals surface area contributed by atoms with Crippen molar-refractivity contribution in [3.8, 4) is 11.8 Å². The molecule has 2 heterocycles. The number of anilines is 1. The normalized spacial score (nSPS) is 22.0. The molecule has 0 spiro atoms. The second-order valence-corrected chi connectivity index (χ2v) is 6.37. The highest BCUT2D eigenvalue weighted by atomic mass is 19.1. The molecule has 1 aromatic carbocycles. The highest BCUT2D eigenvalue weighted by Crippen LogP contribution is 2.36. The Bertz CT molecular complexity index is 837. The summed E-state index contributed by atoms with van der Waals surface area (Å²) in [4.78, 5) is 18.2. The Morgan fingerprint density at radius 1 is 1.08 bits per heavy atom. The first-order valence-corrected chi connectivity index (χ1v) is 8.40. The molecule has 0 bridgehead atoms. The number of amides is 1. The fourth-order valence-corrected chi connectivity index (χ4v) is 3.48. The molecule has 1 aliphatic carbocycles. The van der Waals surface area contributed by atoms with Crippen LogP contribution in [0.1, 0.15) is 30.4 Å². The smallest absolute Gasteiger partial charge is 0.415 e.